The number of likely N-dealkylation sites (tertiary alicyclic amines) is 1. The minimum Gasteiger partial charge on any atom is -0.368 e. The van der Waals surface area contributed by atoms with Crippen molar-refractivity contribution in [3.8, 4) is 0 Å². The molecule has 4 nitrogen and oxygen atoms in total. The highest BCUT2D eigenvalue weighted by Crippen LogP contribution is 2.19. The van der Waals surface area contributed by atoms with Gasteiger partial charge in [0, 0.05) is 44.0 Å². The summed E-state index contributed by atoms with van der Waals surface area (Å²) in [6.45, 7) is 6.25. The highest BCUT2D eigenvalue weighted by Gasteiger charge is 2.22. The molecule has 0 N–H and O–H groups in total. The van der Waals surface area contributed by atoms with Gasteiger partial charge in [-0.15, -0.1) is 0 Å². The molecule has 0 radical (unpaired) electrons. The molecule has 2 fully saturated rings. The van der Waals surface area contributed by atoms with E-state index in [-0.39, 0.29) is 11.7 Å². The summed E-state index contributed by atoms with van der Waals surface area (Å²) in [5.41, 5.74) is 3.06. The van der Waals surface area contributed by atoms with Gasteiger partial charge in [-0.05, 0) is 67.9 Å². The lowest BCUT2D eigenvalue weighted by atomic mass is 10.1. The number of hydrogen-bond acceptors (Lipinski definition) is 3. The van der Waals surface area contributed by atoms with Crippen molar-refractivity contribution in [3.05, 3.63) is 65.5 Å². The van der Waals surface area contributed by atoms with Gasteiger partial charge in [0.15, 0.2) is 0 Å². The molecular formula is C24H30FN3O. The maximum absolute atomic E-state index is 13.1. The molecule has 2 saturated heterocycles. The minimum atomic E-state index is -0.221. The molecule has 2 aromatic rings. The van der Waals surface area contributed by atoms with E-state index >= 15 is 0 Å². The molecule has 0 aromatic heterocycles. The van der Waals surface area contributed by atoms with Crippen molar-refractivity contribution in [1.29, 1.82) is 0 Å². The largest absolute Gasteiger partial charge is 0.368 e. The molecule has 1 amide bonds. The fourth-order valence-corrected chi connectivity index (χ4v) is 4.31. The zero-order valence-electron chi connectivity index (χ0n) is 17.0. The van der Waals surface area contributed by atoms with E-state index in [4.69, 9.17) is 0 Å². The number of anilines is 1. The average Bonchev–Trinajstić information content (AvgIpc) is 3.03. The number of nitrogens with zero attached hydrogens (tertiary/aromatic N) is 3. The van der Waals surface area contributed by atoms with Crippen LogP contribution < -0.4 is 4.90 Å². The fourth-order valence-electron chi connectivity index (χ4n) is 4.31. The maximum Gasteiger partial charge on any atom is 0.253 e. The molecule has 2 heterocycles. The molecule has 0 bridgehead atoms. The average molecular weight is 396 g/mol. The van der Waals surface area contributed by atoms with Crippen LogP contribution in [0.3, 0.4) is 0 Å². The monoisotopic (exact) mass is 395 g/mol. The summed E-state index contributed by atoms with van der Waals surface area (Å²) >= 11 is 0. The fraction of sp³-hybridized carbons (Fsp3) is 0.458. The van der Waals surface area contributed by atoms with Gasteiger partial charge >= 0.3 is 0 Å². The van der Waals surface area contributed by atoms with E-state index in [2.05, 4.69) is 21.9 Å². The molecule has 0 spiro atoms. The first kappa shape index (κ1) is 19.9. The standard InChI is InChI=1S/C24H30FN3O/c25-22-9-11-23(12-10-22)27-15-17-28(18-16-27)24(29)21-7-5-20(6-8-21)19-26-13-3-1-2-4-14-26/h5-12H,1-4,13-19H2. The van der Waals surface area contributed by atoms with Gasteiger partial charge in [0.1, 0.15) is 5.82 Å². The third-order valence-corrected chi connectivity index (χ3v) is 6.06. The Labute approximate surface area is 172 Å². The zero-order chi connectivity index (χ0) is 20.1. The SMILES string of the molecule is O=C(c1ccc(CN2CCCCCC2)cc1)N1CCN(c2ccc(F)cc2)CC1. The van der Waals surface area contributed by atoms with Crippen LogP contribution in [0.2, 0.25) is 0 Å². The van der Waals surface area contributed by atoms with Crippen molar-refractivity contribution in [1.82, 2.24) is 9.80 Å². The Bertz CT molecular complexity index is 790. The summed E-state index contributed by atoms with van der Waals surface area (Å²) in [5, 5.41) is 0. The summed E-state index contributed by atoms with van der Waals surface area (Å²) in [6, 6.07) is 14.7. The first-order valence-corrected chi connectivity index (χ1v) is 10.8. The van der Waals surface area contributed by atoms with Crippen molar-refractivity contribution < 1.29 is 9.18 Å². The molecule has 0 unspecified atom stereocenters. The number of rotatable bonds is 4. The van der Waals surface area contributed by atoms with Crippen LogP contribution in [0.1, 0.15) is 41.6 Å². The van der Waals surface area contributed by atoms with Crippen LogP contribution in [0.15, 0.2) is 48.5 Å². The third-order valence-electron chi connectivity index (χ3n) is 6.06. The minimum absolute atomic E-state index is 0.102. The van der Waals surface area contributed by atoms with Crippen molar-refractivity contribution in [2.75, 3.05) is 44.2 Å². The number of amides is 1. The van der Waals surface area contributed by atoms with E-state index in [0.717, 1.165) is 30.9 Å². The van der Waals surface area contributed by atoms with Crippen molar-refractivity contribution in [2.45, 2.75) is 32.2 Å². The van der Waals surface area contributed by atoms with E-state index in [1.807, 2.05) is 17.0 Å². The van der Waals surface area contributed by atoms with E-state index in [9.17, 15) is 9.18 Å². The quantitative estimate of drug-likeness (QED) is 0.778. The summed E-state index contributed by atoms with van der Waals surface area (Å²) < 4.78 is 13.1. The molecule has 5 heteroatoms. The van der Waals surface area contributed by atoms with E-state index in [1.165, 1.54) is 56.5 Å². The highest BCUT2D eigenvalue weighted by atomic mass is 19.1. The van der Waals surface area contributed by atoms with Crippen molar-refractivity contribution >= 4 is 11.6 Å². The lowest BCUT2D eigenvalue weighted by Gasteiger charge is -2.36. The van der Waals surface area contributed by atoms with E-state index < -0.39 is 0 Å². The number of benzene rings is 2. The van der Waals surface area contributed by atoms with Gasteiger partial charge in [-0.1, -0.05) is 25.0 Å². The molecule has 2 aliphatic rings. The van der Waals surface area contributed by atoms with Crippen LogP contribution in [-0.2, 0) is 6.54 Å². The number of hydrogen-bond donors (Lipinski definition) is 0. The van der Waals surface area contributed by atoms with Crippen molar-refractivity contribution in [2.24, 2.45) is 0 Å². The topological polar surface area (TPSA) is 26.8 Å². The Kier molecular flexibility index (Phi) is 6.45. The molecule has 4 rings (SSSR count). The van der Waals surface area contributed by atoms with Gasteiger partial charge in [-0.25, -0.2) is 4.39 Å². The van der Waals surface area contributed by atoms with E-state index in [1.54, 1.807) is 12.1 Å². The Hall–Kier alpha value is -2.40. The number of piperazine rings is 1. The molecule has 0 saturated carbocycles. The summed E-state index contributed by atoms with van der Waals surface area (Å²) in [5.74, 6) is -0.119. The molecule has 0 aliphatic carbocycles. The van der Waals surface area contributed by atoms with Gasteiger partial charge in [0.05, 0.1) is 0 Å². The smallest absolute Gasteiger partial charge is 0.253 e. The van der Waals surface area contributed by atoms with Crippen LogP contribution in [-0.4, -0.2) is 55.0 Å². The second-order valence-electron chi connectivity index (χ2n) is 8.14. The number of carbonyl (C=O) groups excluding carboxylic acids is 1. The van der Waals surface area contributed by atoms with Crippen molar-refractivity contribution in [3.63, 3.8) is 0 Å². The zero-order valence-corrected chi connectivity index (χ0v) is 17.0. The number of halogens is 1. The molecule has 2 aliphatic heterocycles. The second-order valence-corrected chi connectivity index (χ2v) is 8.14. The predicted molar refractivity (Wildman–Crippen MR) is 115 cm³/mol. The molecular weight excluding hydrogens is 365 g/mol. The first-order chi connectivity index (χ1) is 14.2. The molecule has 0 atom stereocenters. The molecule has 154 valence electrons. The molecule has 2 aromatic carbocycles. The Morgan fingerprint density at radius 3 is 2.00 bits per heavy atom. The summed E-state index contributed by atoms with van der Waals surface area (Å²) in [4.78, 5) is 19.5. The highest BCUT2D eigenvalue weighted by molar-refractivity contribution is 5.94. The third kappa shape index (κ3) is 5.15. The summed E-state index contributed by atoms with van der Waals surface area (Å²) in [7, 11) is 0. The first-order valence-electron chi connectivity index (χ1n) is 10.8. The van der Waals surface area contributed by atoms with Crippen LogP contribution in [0.5, 0.6) is 0 Å². The Morgan fingerprint density at radius 1 is 0.759 bits per heavy atom. The normalized spacial score (nSPS) is 18.5. The van der Waals surface area contributed by atoms with Crippen LogP contribution >= 0.6 is 0 Å². The van der Waals surface area contributed by atoms with E-state index in [0.29, 0.717) is 13.1 Å². The lowest BCUT2D eigenvalue weighted by molar-refractivity contribution is 0.0747. The van der Waals surface area contributed by atoms with Gasteiger partial charge in [-0.3, -0.25) is 9.69 Å². The lowest BCUT2D eigenvalue weighted by Crippen LogP contribution is -2.48. The second kappa shape index (κ2) is 9.40. The Balaban J connectivity index is 1.31. The Morgan fingerprint density at radius 2 is 1.38 bits per heavy atom. The summed E-state index contributed by atoms with van der Waals surface area (Å²) in [6.07, 6.45) is 5.28. The van der Waals surface area contributed by atoms with Gasteiger partial charge in [-0.2, -0.15) is 0 Å². The van der Waals surface area contributed by atoms with Gasteiger partial charge in [0.2, 0.25) is 0 Å². The van der Waals surface area contributed by atoms with Crippen LogP contribution in [0.25, 0.3) is 0 Å². The molecule has 29 heavy (non-hydrogen) atoms. The predicted octanol–water partition coefficient (Wildman–Crippen LogP) is 4.16. The van der Waals surface area contributed by atoms with Crippen LogP contribution in [0.4, 0.5) is 10.1 Å². The van der Waals surface area contributed by atoms with Crippen LogP contribution in [0, 0.1) is 5.82 Å². The van der Waals surface area contributed by atoms with Gasteiger partial charge in [0.25, 0.3) is 5.91 Å². The van der Waals surface area contributed by atoms with Gasteiger partial charge < -0.3 is 9.80 Å². The number of carbonyl (C=O) groups is 1. The maximum atomic E-state index is 13.1.